The molecule has 0 fully saturated rings. The Morgan fingerprint density at radius 2 is 1.70 bits per heavy atom. The molecule has 2 heterocycles. The molecule has 2 aromatic heterocycles. The third kappa shape index (κ3) is 7.84. The third-order valence-corrected chi connectivity index (χ3v) is 8.33. The third-order valence-electron chi connectivity index (χ3n) is 6.84. The second-order valence-corrected chi connectivity index (χ2v) is 12.1. The van der Waals surface area contributed by atoms with E-state index in [1.165, 1.54) is 6.07 Å². The van der Waals surface area contributed by atoms with Gasteiger partial charge >= 0.3 is 5.97 Å². The zero-order chi connectivity index (χ0) is 30.3. The van der Waals surface area contributed by atoms with Gasteiger partial charge in [-0.1, -0.05) is 71.7 Å². The standard InChI is InChI=1S/C33H28Cl2N2O5S/c1-20-28(37-33(42-20)24-9-5-8-23(16-24)21-6-3-2-4-7-21)14-15-41-26-12-10-22(11-13-30(38)39)25(17-26)19-36-32(40)27-18-29(34)43-31(27)35/h2-10,12,16-18H,11,13-15,19H2,1H3,(H,36,40)(H,38,39). The fourth-order valence-corrected chi connectivity index (χ4v) is 6.08. The molecule has 0 saturated carbocycles. The smallest absolute Gasteiger partial charge is 0.303 e. The van der Waals surface area contributed by atoms with Crippen LogP contribution < -0.4 is 10.1 Å². The first-order valence-corrected chi connectivity index (χ1v) is 15.2. The van der Waals surface area contributed by atoms with Crippen LogP contribution in [0.2, 0.25) is 8.67 Å². The second kappa shape index (κ2) is 13.9. The van der Waals surface area contributed by atoms with Crippen LogP contribution in [0.4, 0.5) is 0 Å². The van der Waals surface area contributed by atoms with Crippen LogP contribution in [0.25, 0.3) is 22.6 Å². The molecule has 43 heavy (non-hydrogen) atoms. The summed E-state index contributed by atoms with van der Waals surface area (Å²) in [4.78, 5) is 28.6. The quantitative estimate of drug-likeness (QED) is 0.143. The number of oxazole rings is 1. The molecule has 220 valence electrons. The van der Waals surface area contributed by atoms with Gasteiger partial charge in [0.05, 0.1) is 22.2 Å². The summed E-state index contributed by atoms with van der Waals surface area (Å²) >= 11 is 13.2. The van der Waals surface area contributed by atoms with Crippen molar-refractivity contribution in [2.45, 2.75) is 32.7 Å². The lowest BCUT2D eigenvalue weighted by atomic mass is 10.0. The number of thiophene rings is 1. The average molecular weight is 636 g/mol. The van der Waals surface area contributed by atoms with Gasteiger partial charge in [0.15, 0.2) is 0 Å². The number of aromatic nitrogens is 1. The van der Waals surface area contributed by atoms with Gasteiger partial charge in [-0.15, -0.1) is 11.3 Å². The second-order valence-electron chi connectivity index (χ2n) is 9.81. The number of carboxylic acids is 1. The molecular formula is C33H28Cl2N2O5S. The van der Waals surface area contributed by atoms with Crippen molar-refractivity contribution in [3.05, 3.63) is 116 Å². The van der Waals surface area contributed by atoms with E-state index in [1.54, 1.807) is 6.07 Å². The minimum Gasteiger partial charge on any atom is -0.493 e. The van der Waals surface area contributed by atoms with Crippen LogP contribution in [0.3, 0.4) is 0 Å². The van der Waals surface area contributed by atoms with E-state index >= 15 is 0 Å². The van der Waals surface area contributed by atoms with Crippen LogP contribution in [-0.4, -0.2) is 28.6 Å². The Labute approximate surface area is 263 Å². The maximum absolute atomic E-state index is 12.7. The lowest BCUT2D eigenvalue weighted by molar-refractivity contribution is -0.136. The van der Waals surface area contributed by atoms with Crippen molar-refractivity contribution < 1.29 is 23.8 Å². The number of rotatable bonds is 12. The Balaban J connectivity index is 1.25. The fraction of sp³-hybridized carbons (Fsp3) is 0.182. The van der Waals surface area contributed by atoms with Crippen LogP contribution in [0.5, 0.6) is 5.75 Å². The van der Waals surface area contributed by atoms with Gasteiger partial charge in [0, 0.05) is 24.9 Å². The SMILES string of the molecule is Cc1oc(-c2cccc(-c3ccccc3)c2)nc1CCOc1ccc(CCC(=O)O)c(CNC(=O)c2cc(Cl)sc2Cl)c1. The zero-order valence-electron chi connectivity index (χ0n) is 23.2. The highest BCUT2D eigenvalue weighted by atomic mass is 35.5. The summed E-state index contributed by atoms with van der Waals surface area (Å²) in [6.07, 6.45) is 0.811. The van der Waals surface area contributed by atoms with E-state index in [9.17, 15) is 14.7 Å². The highest BCUT2D eigenvalue weighted by Crippen LogP contribution is 2.31. The summed E-state index contributed by atoms with van der Waals surface area (Å²) in [5.74, 6) is 0.609. The number of aliphatic carboxylic acids is 1. The number of aryl methyl sites for hydroxylation is 2. The number of nitrogens with zero attached hydrogens (tertiary/aromatic N) is 1. The zero-order valence-corrected chi connectivity index (χ0v) is 25.6. The molecule has 3 aromatic carbocycles. The molecule has 7 nitrogen and oxygen atoms in total. The lowest BCUT2D eigenvalue weighted by Crippen LogP contribution is -2.23. The van der Waals surface area contributed by atoms with Crippen molar-refractivity contribution in [1.82, 2.24) is 10.3 Å². The monoisotopic (exact) mass is 634 g/mol. The van der Waals surface area contributed by atoms with Crippen molar-refractivity contribution in [2.75, 3.05) is 6.61 Å². The fourth-order valence-electron chi connectivity index (χ4n) is 4.62. The Morgan fingerprint density at radius 1 is 0.930 bits per heavy atom. The molecule has 0 atom stereocenters. The highest BCUT2D eigenvalue weighted by molar-refractivity contribution is 7.20. The van der Waals surface area contributed by atoms with Gasteiger partial charge in [-0.3, -0.25) is 9.59 Å². The number of benzene rings is 3. The Morgan fingerprint density at radius 3 is 2.44 bits per heavy atom. The average Bonchev–Trinajstić information content (AvgIpc) is 3.55. The molecule has 1 amide bonds. The maximum Gasteiger partial charge on any atom is 0.303 e. The van der Waals surface area contributed by atoms with E-state index in [2.05, 4.69) is 29.6 Å². The van der Waals surface area contributed by atoms with Crippen LogP contribution in [0, 0.1) is 6.92 Å². The first-order valence-electron chi connectivity index (χ1n) is 13.6. The molecule has 2 N–H and O–H groups in total. The molecule has 10 heteroatoms. The maximum atomic E-state index is 12.7. The first-order chi connectivity index (χ1) is 20.8. The molecule has 0 saturated heterocycles. The van der Waals surface area contributed by atoms with Crippen LogP contribution in [0.1, 0.15) is 39.4 Å². The number of ether oxygens (including phenoxy) is 1. The van der Waals surface area contributed by atoms with Crippen LogP contribution in [-0.2, 0) is 24.2 Å². The molecule has 0 spiro atoms. The summed E-state index contributed by atoms with van der Waals surface area (Å²) in [6, 6.07) is 25.2. The number of hydrogen-bond donors (Lipinski definition) is 2. The molecule has 0 unspecified atom stereocenters. The predicted molar refractivity (Wildman–Crippen MR) is 169 cm³/mol. The van der Waals surface area contributed by atoms with E-state index < -0.39 is 5.97 Å². The van der Waals surface area contributed by atoms with E-state index in [0.717, 1.165) is 50.6 Å². The van der Waals surface area contributed by atoms with Gasteiger partial charge in [-0.25, -0.2) is 4.98 Å². The van der Waals surface area contributed by atoms with E-state index in [4.69, 9.17) is 37.3 Å². The topological polar surface area (TPSA) is 102 Å². The van der Waals surface area contributed by atoms with Crippen molar-refractivity contribution in [2.24, 2.45) is 0 Å². The molecule has 0 radical (unpaired) electrons. The molecular weight excluding hydrogens is 607 g/mol. The lowest BCUT2D eigenvalue weighted by Gasteiger charge is -2.13. The molecule has 5 aromatic rings. The Hall–Kier alpha value is -4.11. The normalized spacial score (nSPS) is 11.0. The number of carbonyl (C=O) groups is 2. The molecule has 0 aliphatic rings. The van der Waals surface area contributed by atoms with Crippen LogP contribution in [0.15, 0.2) is 83.3 Å². The van der Waals surface area contributed by atoms with Crippen LogP contribution >= 0.6 is 34.5 Å². The molecule has 5 rings (SSSR count). The number of carboxylic acid groups (broad SMARTS) is 1. The van der Waals surface area contributed by atoms with Gasteiger partial charge in [0.25, 0.3) is 5.91 Å². The van der Waals surface area contributed by atoms with Gasteiger partial charge in [0.1, 0.15) is 15.8 Å². The van der Waals surface area contributed by atoms with E-state index in [0.29, 0.717) is 45.3 Å². The minimum absolute atomic E-state index is 0.0326. The minimum atomic E-state index is -0.899. The van der Waals surface area contributed by atoms with Crippen molar-refractivity contribution >= 4 is 46.4 Å². The number of nitrogens with one attached hydrogen (secondary N) is 1. The molecule has 0 aliphatic heterocycles. The van der Waals surface area contributed by atoms with Gasteiger partial charge in [-0.2, -0.15) is 0 Å². The van der Waals surface area contributed by atoms with Crippen molar-refractivity contribution in [3.63, 3.8) is 0 Å². The summed E-state index contributed by atoms with van der Waals surface area (Å²) in [6.45, 7) is 2.40. The highest BCUT2D eigenvalue weighted by Gasteiger charge is 2.16. The van der Waals surface area contributed by atoms with Gasteiger partial charge in [-0.05, 0) is 65.9 Å². The summed E-state index contributed by atoms with van der Waals surface area (Å²) in [5.41, 5.74) is 5.75. The first kappa shape index (κ1) is 30.4. The molecule has 0 bridgehead atoms. The Kier molecular flexibility index (Phi) is 9.82. The summed E-state index contributed by atoms with van der Waals surface area (Å²) in [5, 5.41) is 12.0. The number of carbonyl (C=O) groups excluding carboxylic acids is 1. The summed E-state index contributed by atoms with van der Waals surface area (Å²) < 4.78 is 12.8. The Bertz CT molecular complexity index is 1750. The van der Waals surface area contributed by atoms with Gasteiger partial charge < -0.3 is 19.6 Å². The molecule has 0 aliphatic carbocycles. The number of halogens is 2. The van der Waals surface area contributed by atoms with E-state index in [-0.39, 0.29) is 18.9 Å². The number of hydrogen-bond acceptors (Lipinski definition) is 6. The van der Waals surface area contributed by atoms with E-state index in [1.807, 2.05) is 49.4 Å². The largest absolute Gasteiger partial charge is 0.493 e. The van der Waals surface area contributed by atoms with Crippen molar-refractivity contribution in [1.29, 1.82) is 0 Å². The van der Waals surface area contributed by atoms with Gasteiger partial charge in [0.2, 0.25) is 5.89 Å². The predicted octanol–water partition coefficient (Wildman–Crippen LogP) is 8.25. The summed E-state index contributed by atoms with van der Waals surface area (Å²) in [7, 11) is 0. The number of amides is 1. The van der Waals surface area contributed by atoms with Crippen molar-refractivity contribution in [3.8, 4) is 28.3 Å².